The van der Waals surface area contributed by atoms with Gasteiger partial charge in [0.25, 0.3) is 0 Å². The molecule has 1 aromatic rings. The highest BCUT2D eigenvalue weighted by Gasteiger charge is 2.41. The van der Waals surface area contributed by atoms with Gasteiger partial charge in [-0.05, 0) is 31.7 Å². The molecule has 2 unspecified atom stereocenters. The average molecular weight is 222 g/mol. The number of hydrogen-bond acceptors (Lipinski definition) is 2. The van der Waals surface area contributed by atoms with E-state index in [1.165, 1.54) is 6.42 Å². The first-order valence-electron chi connectivity index (χ1n) is 6.47. The Morgan fingerprint density at radius 1 is 1.50 bits per heavy atom. The molecule has 0 aromatic carbocycles. The van der Waals surface area contributed by atoms with E-state index >= 15 is 0 Å². The van der Waals surface area contributed by atoms with Crippen molar-refractivity contribution in [3.05, 3.63) is 18.0 Å². The molecule has 0 spiro atoms. The van der Waals surface area contributed by atoms with Crippen molar-refractivity contribution >= 4 is 0 Å². The smallest absolute Gasteiger partial charge is 0.109 e. The highest BCUT2D eigenvalue weighted by atomic mass is 16.3. The van der Waals surface area contributed by atoms with Gasteiger partial charge >= 0.3 is 0 Å². The lowest BCUT2D eigenvalue weighted by Crippen LogP contribution is -2.39. The third-order valence-corrected chi connectivity index (χ3v) is 3.99. The molecule has 1 aromatic heterocycles. The van der Waals surface area contributed by atoms with E-state index in [1.807, 2.05) is 10.7 Å². The monoisotopic (exact) mass is 222 g/mol. The molecule has 0 radical (unpaired) electrons. The second kappa shape index (κ2) is 4.58. The van der Waals surface area contributed by atoms with Crippen molar-refractivity contribution in [3.8, 4) is 0 Å². The first-order valence-corrected chi connectivity index (χ1v) is 6.47. The lowest BCUT2D eigenvalue weighted by molar-refractivity contribution is -0.0625. The molecule has 0 aliphatic heterocycles. The summed E-state index contributed by atoms with van der Waals surface area (Å²) >= 11 is 0. The summed E-state index contributed by atoms with van der Waals surface area (Å²) in [6.45, 7) is 5.08. The van der Waals surface area contributed by atoms with Crippen LogP contribution in [0.1, 0.15) is 51.6 Å². The van der Waals surface area contributed by atoms with Crippen LogP contribution in [0.3, 0.4) is 0 Å². The molecule has 1 N–H and O–H groups in total. The Hall–Kier alpha value is -0.830. The number of nitrogens with zero attached hydrogens (tertiary/aromatic N) is 2. The van der Waals surface area contributed by atoms with E-state index in [-0.39, 0.29) is 0 Å². The quantitative estimate of drug-likeness (QED) is 0.854. The average Bonchev–Trinajstić information content (AvgIpc) is 2.78. The Morgan fingerprint density at radius 3 is 3.00 bits per heavy atom. The minimum Gasteiger partial charge on any atom is -0.383 e. The summed E-state index contributed by atoms with van der Waals surface area (Å²) in [6, 6.07) is 1.98. The van der Waals surface area contributed by atoms with Gasteiger partial charge in [0.05, 0.1) is 5.69 Å². The zero-order chi connectivity index (χ0) is 11.6. The van der Waals surface area contributed by atoms with Gasteiger partial charge in [-0.2, -0.15) is 5.10 Å². The van der Waals surface area contributed by atoms with Crippen molar-refractivity contribution in [1.82, 2.24) is 9.78 Å². The van der Waals surface area contributed by atoms with Crippen molar-refractivity contribution in [2.45, 2.75) is 58.1 Å². The predicted octanol–water partition coefficient (Wildman–Crippen LogP) is 2.69. The number of aryl methyl sites for hydroxylation is 1. The van der Waals surface area contributed by atoms with E-state index in [1.54, 1.807) is 6.20 Å². The zero-order valence-corrected chi connectivity index (χ0v) is 10.3. The fraction of sp³-hybridized carbons (Fsp3) is 0.769. The molecule has 2 rings (SSSR count). The van der Waals surface area contributed by atoms with E-state index in [0.717, 1.165) is 37.9 Å². The Bertz CT molecular complexity index is 347. The molecular formula is C13H22N2O. The van der Waals surface area contributed by atoms with Crippen LogP contribution in [-0.4, -0.2) is 14.9 Å². The summed E-state index contributed by atoms with van der Waals surface area (Å²) in [5.74, 6) is 0.392. The van der Waals surface area contributed by atoms with Gasteiger partial charge in [-0.15, -0.1) is 0 Å². The van der Waals surface area contributed by atoms with Crippen LogP contribution in [0.5, 0.6) is 0 Å². The highest BCUT2D eigenvalue weighted by Crippen LogP contribution is 2.43. The summed E-state index contributed by atoms with van der Waals surface area (Å²) in [7, 11) is 0. The molecule has 0 bridgehead atoms. The molecule has 0 amide bonds. The molecular weight excluding hydrogens is 200 g/mol. The van der Waals surface area contributed by atoms with Crippen LogP contribution in [0.2, 0.25) is 0 Å². The Balaban J connectivity index is 2.34. The Kier molecular flexibility index (Phi) is 3.33. The molecule has 1 saturated carbocycles. The van der Waals surface area contributed by atoms with Crippen LogP contribution in [-0.2, 0) is 12.1 Å². The molecule has 90 valence electrons. The van der Waals surface area contributed by atoms with Crippen LogP contribution in [0.15, 0.2) is 12.3 Å². The zero-order valence-electron chi connectivity index (χ0n) is 10.3. The summed E-state index contributed by atoms with van der Waals surface area (Å²) in [5.41, 5.74) is 0.376. The summed E-state index contributed by atoms with van der Waals surface area (Å²) in [5, 5.41) is 15.2. The van der Waals surface area contributed by atoms with Gasteiger partial charge in [-0.3, -0.25) is 4.68 Å². The van der Waals surface area contributed by atoms with Gasteiger partial charge in [-0.1, -0.05) is 26.2 Å². The number of aromatic nitrogens is 2. The van der Waals surface area contributed by atoms with E-state index in [9.17, 15) is 5.11 Å². The maximum absolute atomic E-state index is 10.9. The van der Waals surface area contributed by atoms with Gasteiger partial charge in [0, 0.05) is 12.7 Å². The van der Waals surface area contributed by atoms with Crippen molar-refractivity contribution in [2.75, 3.05) is 0 Å². The van der Waals surface area contributed by atoms with E-state index in [0.29, 0.717) is 5.92 Å². The van der Waals surface area contributed by atoms with Crippen LogP contribution in [0, 0.1) is 5.92 Å². The maximum Gasteiger partial charge on any atom is 0.109 e. The third kappa shape index (κ3) is 1.77. The fourth-order valence-corrected chi connectivity index (χ4v) is 3.06. The van der Waals surface area contributed by atoms with Crippen LogP contribution in [0.25, 0.3) is 0 Å². The molecule has 16 heavy (non-hydrogen) atoms. The highest BCUT2D eigenvalue weighted by molar-refractivity contribution is 5.14. The minimum absolute atomic E-state index is 0.392. The number of rotatable bonds is 3. The van der Waals surface area contributed by atoms with Gasteiger partial charge < -0.3 is 5.11 Å². The van der Waals surface area contributed by atoms with Crippen molar-refractivity contribution in [3.63, 3.8) is 0 Å². The topological polar surface area (TPSA) is 38.1 Å². The molecule has 2 atom stereocenters. The first-order chi connectivity index (χ1) is 7.72. The Labute approximate surface area is 97.5 Å². The van der Waals surface area contributed by atoms with Gasteiger partial charge in [0.15, 0.2) is 0 Å². The van der Waals surface area contributed by atoms with E-state index < -0.39 is 5.60 Å². The second-order valence-electron chi connectivity index (χ2n) is 4.81. The molecule has 1 fully saturated rings. The lowest BCUT2D eigenvalue weighted by atomic mass is 9.72. The predicted molar refractivity (Wildman–Crippen MR) is 64.0 cm³/mol. The standard InChI is InChI=1S/C13H22N2O/c1-3-11-7-5-6-9-13(11,16)12-8-10-14-15(12)4-2/h8,10-11,16H,3-7,9H2,1-2H3. The van der Waals surface area contributed by atoms with Crippen molar-refractivity contribution in [2.24, 2.45) is 5.92 Å². The van der Waals surface area contributed by atoms with Gasteiger partial charge in [0.2, 0.25) is 0 Å². The fourth-order valence-electron chi connectivity index (χ4n) is 3.06. The first kappa shape index (κ1) is 11.6. The van der Waals surface area contributed by atoms with Gasteiger partial charge in [-0.25, -0.2) is 0 Å². The van der Waals surface area contributed by atoms with Crippen LogP contribution < -0.4 is 0 Å². The van der Waals surface area contributed by atoms with Crippen LogP contribution >= 0.6 is 0 Å². The SMILES string of the molecule is CCC1CCCCC1(O)c1ccnn1CC. The van der Waals surface area contributed by atoms with Gasteiger partial charge in [0.1, 0.15) is 5.60 Å². The third-order valence-electron chi connectivity index (χ3n) is 3.99. The molecule has 3 heteroatoms. The molecule has 0 saturated heterocycles. The second-order valence-corrected chi connectivity index (χ2v) is 4.81. The number of hydrogen-bond donors (Lipinski definition) is 1. The minimum atomic E-state index is -0.639. The van der Waals surface area contributed by atoms with Crippen molar-refractivity contribution < 1.29 is 5.11 Å². The normalized spacial score (nSPS) is 30.6. The summed E-state index contributed by atoms with van der Waals surface area (Å²) < 4.78 is 1.94. The lowest BCUT2D eigenvalue weighted by Gasteiger charge is -2.39. The summed E-state index contributed by atoms with van der Waals surface area (Å²) in [6.07, 6.45) is 7.26. The maximum atomic E-state index is 10.9. The van der Waals surface area contributed by atoms with E-state index in [2.05, 4.69) is 18.9 Å². The molecule has 1 heterocycles. The van der Waals surface area contributed by atoms with E-state index in [4.69, 9.17) is 0 Å². The molecule has 1 aliphatic carbocycles. The molecule has 1 aliphatic rings. The molecule has 3 nitrogen and oxygen atoms in total. The number of aliphatic hydroxyl groups is 1. The largest absolute Gasteiger partial charge is 0.383 e. The van der Waals surface area contributed by atoms with Crippen molar-refractivity contribution in [1.29, 1.82) is 0 Å². The Morgan fingerprint density at radius 2 is 2.31 bits per heavy atom. The van der Waals surface area contributed by atoms with Crippen LogP contribution in [0.4, 0.5) is 0 Å². The summed E-state index contributed by atoms with van der Waals surface area (Å²) in [4.78, 5) is 0.